The molecular formula is C20H27NO. The summed E-state index contributed by atoms with van der Waals surface area (Å²) in [6.07, 6.45) is 7.07. The van der Waals surface area contributed by atoms with E-state index in [1.54, 1.807) is 0 Å². The van der Waals surface area contributed by atoms with E-state index in [1.165, 1.54) is 11.3 Å². The van der Waals surface area contributed by atoms with Crippen LogP contribution in [0.15, 0.2) is 42.1 Å². The molecule has 0 aliphatic heterocycles. The summed E-state index contributed by atoms with van der Waals surface area (Å²) in [4.78, 5) is 14.5. The van der Waals surface area contributed by atoms with Crippen molar-refractivity contribution >= 4 is 5.78 Å². The van der Waals surface area contributed by atoms with Gasteiger partial charge in [0.25, 0.3) is 0 Å². The van der Waals surface area contributed by atoms with Crippen LogP contribution in [0.3, 0.4) is 0 Å². The molecule has 118 valence electrons. The van der Waals surface area contributed by atoms with E-state index in [0.717, 1.165) is 11.1 Å². The monoisotopic (exact) mass is 297 g/mol. The zero-order chi connectivity index (χ0) is 16.5. The third-order valence-corrected chi connectivity index (χ3v) is 4.24. The molecule has 0 bridgehead atoms. The number of allylic oxidation sites excluding steroid dienone is 3. The molecule has 1 aliphatic rings. The van der Waals surface area contributed by atoms with Crippen LogP contribution in [0.25, 0.3) is 0 Å². The molecule has 2 heteroatoms. The minimum Gasteiger partial charge on any atom is -0.378 e. The number of Topliss-reactive ketones (excluding diaryl/α,β-unsaturated/α-hetero) is 1. The number of rotatable bonds is 4. The molecule has 0 amide bonds. The van der Waals surface area contributed by atoms with E-state index in [-0.39, 0.29) is 17.1 Å². The summed E-state index contributed by atoms with van der Waals surface area (Å²) in [6.45, 7) is 8.48. The largest absolute Gasteiger partial charge is 0.378 e. The summed E-state index contributed by atoms with van der Waals surface area (Å²) in [5.74, 6) is 0.415. The molecule has 0 saturated carbocycles. The smallest absolute Gasteiger partial charge is 0.162 e. The minimum absolute atomic E-state index is 0.0530. The van der Waals surface area contributed by atoms with Crippen LogP contribution in [0, 0.1) is 0 Å². The van der Waals surface area contributed by atoms with Crippen molar-refractivity contribution in [2.45, 2.75) is 45.4 Å². The van der Waals surface area contributed by atoms with Gasteiger partial charge in [0.05, 0.1) is 0 Å². The van der Waals surface area contributed by atoms with Crippen molar-refractivity contribution < 1.29 is 4.79 Å². The van der Waals surface area contributed by atoms with Gasteiger partial charge in [-0.1, -0.05) is 45.9 Å². The number of carbonyl (C=O) groups is 1. The van der Waals surface area contributed by atoms with Crippen molar-refractivity contribution in [3.05, 3.63) is 58.8 Å². The molecule has 0 fully saturated rings. The molecule has 1 aromatic carbocycles. The Morgan fingerprint density at radius 2 is 1.91 bits per heavy atom. The second-order valence-electron chi connectivity index (χ2n) is 7.20. The molecule has 1 aromatic rings. The van der Waals surface area contributed by atoms with Crippen LogP contribution in [-0.2, 0) is 5.41 Å². The van der Waals surface area contributed by atoms with Crippen molar-refractivity contribution in [2.24, 2.45) is 0 Å². The van der Waals surface area contributed by atoms with Crippen molar-refractivity contribution in [1.82, 2.24) is 4.90 Å². The number of ketones is 1. The van der Waals surface area contributed by atoms with E-state index < -0.39 is 0 Å². The van der Waals surface area contributed by atoms with E-state index >= 15 is 0 Å². The molecule has 0 N–H and O–H groups in total. The highest BCUT2D eigenvalue weighted by Gasteiger charge is 2.22. The van der Waals surface area contributed by atoms with Crippen LogP contribution in [-0.4, -0.2) is 24.8 Å². The van der Waals surface area contributed by atoms with Crippen molar-refractivity contribution in [3.8, 4) is 0 Å². The highest BCUT2D eigenvalue weighted by molar-refractivity contribution is 5.98. The summed E-state index contributed by atoms with van der Waals surface area (Å²) in [6, 6.07) is 6.39. The van der Waals surface area contributed by atoms with E-state index in [4.69, 9.17) is 0 Å². The van der Waals surface area contributed by atoms with Crippen molar-refractivity contribution in [2.75, 3.05) is 14.1 Å². The SMILES string of the molecule is CCC(=O)c1cc(C(C)(C)C)ccc1C1C=CC(N(C)C)=C1. The Bertz CT molecular complexity index is 630. The molecule has 1 unspecified atom stereocenters. The standard InChI is InChI=1S/C20H27NO/c1-7-19(22)18-13-15(20(2,3)4)9-11-17(18)14-8-10-16(12-14)21(5)6/h8-14H,7H2,1-6H3. The number of benzene rings is 1. The molecule has 0 heterocycles. The van der Waals surface area contributed by atoms with Gasteiger partial charge in [-0.2, -0.15) is 0 Å². The highest BCUT2D eigenvalue weighted by atomic mass is 16.1. The van der Waals surface area contributed by atoms with Gasteiger partial charge in [0, 0.05) is 37.7 Å². The number of nitrogens with zero attached hydrogens (tertiary/aromatic N) is 1. The maximum Gasteiger partial charge on any atom is 0.162 e. The van der Waals surface area contributed by atoms with Gasteiger partial charge in [-0.05, 0) is 34.8 Å². The van der Waals surface area contributed by atoms with Crippen LogP contribution in [0.5, 0.6) is 0 Å². The summed E-state index contributed by atoms with van der Waals surface area (Å²) in [7, 11) is 4.08. The molecule has 0 aromatic heterocycles. The van der Waals surface area contributed by atoms with Crippen LogP contribution in [0.4, 0.5) is 0 Å². The first kappa shape index (κ1) is 16.5. The van der Waals surface area contributed by atoms with Crippen LogP contribution < -0.4 is 0 Å². The lowest BCUT2D eigenvalue weighted by Crippen LogP contribution is -2.14. The number of carbonyl (C=O) groups excluding carboxylic acids is 1. The average molecular weight is 297 g/mol. The fourth-order valence-corrected chi connectivity index (χ4v) is 2.73. The molecule has 22 heavy (non-hydrogen) atoms. The maximum atomic E-state index is 12.4. The summed E-state index contributed by atoms with van der Waals surface area (Å²) in [5.41, 5.74) is 4.46. The molecule has 0 saturated heterocycles. The van der Waals surface area contributed by atoms with Gasteiger partial charge in [-0.25, -0.2) is 0 Å². The average Bonchev–Trinajstić information content (AvgIpc) is 2.94. The normalized spacial score (nSPS) is 17.5. The van der Waals surface area contributed by atoms with Gasteiger partial charge in [0.15, 0.2) is 5.78 Å². The molecule has 1 aliphatic carbocycles. The van der Waals surface area contributed by atoms with Gasteiger partial charge in [0.2, 0.25) is 0 Å². The Hall–Kier alpha value is -1.83. The quantitative estimate of drug-likeness (QED) is 0.752. The maximum absolute atomic E-state index is 12.4. The molecule has 2 rings (SSSR count). The number of hydrogen-bond acceptors (Lipinski definition) is 2. The first-order chi connectivity index (χ1) is 10.2. The number of hydrogen-bond donors (Lipinski definition) is 0. The zero-order valence-electron chi connectivity index (χ0n) is 14.6. The molecular weight excluding hydrogens is 270 g/mol. The first-order valence-electron chi connectivity index (χ1n) is 7.99. The van der Waals surface area contributed by atoms with Gasteiger partial charge in [-0.15, -0.1) is 0 Å². The second-order valence-corrected chi connectivity index (χ2v) is 7.20. The van der Waals surface area contributed by atoms with Crippen LogP contribution in [0.1, 0.15) is 61.5 Å². The molecule has 0 radical (unpaired) electrons. The first-order valence-corrected chi connectivity index (χ1v) is 7.99. The lowest BCUT2D eigenvalue weighted by atomic mass is 9.82. The van der Waals surface area contributed by atoms with E-state index in [1.807, 2.05) is 21.0 Å². The van der Waals surface area contributed by atoms with Crippen LogP contribution in [0.2, 0.25) is 0 Å². The van der Waals surface area contributed by atoms with Gasteiger partial charge in [-0.3, -0.25) is 4.79 Å². The van der Waals surface area contributed by atoms with E-state index in [9.17, 15) is 4.79 Å². The topological polar surface area (TPSA) is 20.3 Å². The van der Waals surface area contributed by atoms with Crippen molar-refractivity contribution in [1.29, 1.82) is 0 Å². The van der Waals surface area contributed by atoms with Gasteiger partial charge < -0.3 is 4.90 Å². The second kappa shape index (κ2) is 6.12. The predicted octanol–water partition coefficient (Wildman–Crippen LogP) is 4.68. The predicted molar refractivity (Wildman–Crippen MR) is 93.4 cm³/mol. The van der Waals surface area contributed by atoms with E-state index in [2.05, 4.69) is 62.1 Å². The van der Waals surface area contributed by atoms with Crippen molar-refractivity contribution in [3.63, 3.8) is 0 Å². The third-order valence-electron chi connectivity index (χ3n) is 4.24. The Labute approximate surface area is 134 Å². The lowest BCUT2D eigenvalue weighted by Gasteiger charge is -2.22. The zero-order valence-corrected chi connectivity index (χ0v) is 14.6. The third kappa shape index (κ3) is 3.32. The molecule has 2 nitrogen and oxygen atoms in total. The fraction of sp³-hybridized carbons (Fsp3) is 0.450. The molecule has 0 spiro atoms. The Morgan fingerprint density at radius 3 is 2.41 bits per heavy atom. The van der Waals surface area contributed by atoms with Crippen LogP contribution >= 0.6 is 0 Å². The minimum atomic E-state index is 0.0530. The summed E-state index contributed by atoms with van der Waals surface area (Å²) >= 11 is 0. The van der Waals surface area contributed by atoms with Gasteiger partial charge in [0.1, 0.15) is 0 Å². The summed E-state index contributed by atoms with van der Waals surface area (Å²) in [5, 5.41) is 0. The summed E-state index contributed by atoms with van der Waals surface area (Å²) < 4.78 is 0. The molecule has 1 atom stereocenters. The number of likely N-dealkylation sites (N-methyl/N-ethyl adjacent to an activating group) is 1. The Morgan fingerprint density at radius 1 is 1.23 bits per heavy atom. The lowest BCUT2D eigenvalue weighted by molar-refractivity contribution is 0.0987. The van der Waals surface area contributed by atoms with E-state index in [0.29, 0.717) is 6.42 Å². The highest BCUT2D eigenvalue weighted by Crippen LogP contribution is 2.33. The fourth-order valence-electron chi connectivity index (χ4n) is 2.73. The Kier molecular flexibility index (Phi) is 4.60. The van der Waals surface area contributed by atoms with Gasteiger partial charge >= 0.3 is 0 Å². The Balaban J connectivity index is 2.49.